The fourth-order valence-electron chi connectivity index (χ4n) is 2.06. The lowest BCUT2D eigenvalue weighted by molar-refractivity contribution is 0.195. The summed E-state index contributed by atoms with van der Waals surface area (Å²) in [5.41, 5.74) is 5.59. The van der Waals surface area contributed by atoms with Gasteiger partial charge in [-0.1, -0.05) is 0 Å². The van der Waals surface area contributed by atoms with Crippen LogP contribution in [0.2, 0.25) is 0 Å². The standard InChI is InChI=1S/C16H18FN3O3/c1-16(2,3)20(15(21)22)11-5-6-12(17)13(8-11)23-14-7-4-10(18)9-19-14/h4-9H,18H2,1-3H3,(H,21,22). The van der Waals surface area contributed by atoms with Crippen molar-refractivity contribution in [1.82, 2.24) is 4.98 Å². The molecule has 0 saturated carbocycles. The number of aromatic nitrogens is 1. The third-order valence-electron chi connectivity index (χ3n) is 3.01. The van der Waals surface area contributed by atoms with E-state index in [4.69, 9.17) is 10.5 Å². The van der Waals surface area contributed by atoms with E-state index in [9.17, 15) is 14.3 Å². The van der Waals surface area contributed by atoms with Gasteiger partial charge in [0.05, 0.1) is 17.6 Å². The topological polar surface area (TPSA) is 88.7 Å². The van der Waals surface area contributed by atoms with Crippen molar-refractivity contribution in [3.8, 4) is 11.6 Å². The van der Waals surface area contributed by atoms with Crippen LogP contribution in [0.4, 0.5) is 20.6 Å². The van der Waals surface area contributed by atoms with E-state index in [0.717, 1.165) is 11.0 Å². The van der Waals surface area contributed by atoms with Gasteiger partial charge >= 0.3 is 6.09 Å². The van der Waals surface area contributed by atoms with Gasteiger partial charge in [-0.2, -0.15) is 0 Å². The second-order valence-corrected chi connectivity index (χ2v) is 5.94. The first-order chi connectivity index (χ1) is 10.7. The molecule has 0 unspecified atom stereocenters. The van der Waals surface area contributed by atoms with Crippen LogP contribution >= 0.6 is 0 Å². The molecule has 0 radical (unpaired) electrons. The van der Waals surface area contributed by atoms with Crippen molar-refractivity contribution in [3.05, 3.63) is 42.3 Å². The second kappa shape index (κ2) is 6.12. The monoisotopic (exact) mass is 319 g/mol. The smallest absolute Gasteiger partial charge is 0.412 e. The number of nitrogens with two attached hydrogens (primary N) is 1. The second-order valence-electron chi connectivity index (χ2n) is 5.94. The highest BCUT2D eigenvalue weighted by Gasteiger charge is 2.28. The molecule has 1 heterocycles. The molecule has 0 fully saturated rings. The summed E-state index contributed by atoms with van der Waals surface area (Å²) in [5.74, 6) is -0.574. The van der Waals surface area contributed by atoms with Gasteiger partial charge < -0.3 is 15.6 Å². The molecule has 0 aliphatic rings. The van der Waals surface area contributed by atoms with Gasteiger partial charge in [0, 0.05) is 17.7 Å². The van der Waals surface area contributed by atoms with Crippen molar-refractivity contribution in [1.29, 1.82) is 0 Å². The maximum atomic E-state index is 14.0. The Labute approximate surface area is 133 Å². The minimum atomic E-state index is -1.14. The number of pyridine rings is 1. The number of rotatable bonds is 3. The fourth-order valence-corrected chi connectivity index (χ4v) is 2.06. The summed E-state index contributed by atoms with van der Waals surface area (Å²) in [5, 5.41) is 9.41. The molecule has 1 aromatic carbocycles. The molecule has 0 aliphatic heterocycles. The van der Waals surface area contributed by atoms with Gasteiger partial charge in [-0.15, -0.1) is 0 Å². The SMILES string of the molecule is CC(C)(C)N(C(=O)O)c1ccc(F)c(Oc2ccc(N)cn2)c1. The van der Waals surface area contributed by atoms with E-state index in [1.165, 1.54) is 24.4 Å². The van der Waals surface area contributed by atoms with Crippen molar-refractivity contribution < 1.29 is 19.0 Å². The molecule has 2 aromatic rings. The summed E-state index contributed by atoms with van der Waals surface area (Å²) in [7, 11) is 0. The number of ether oxygens (including phenoxy) is 1. The van der Waals surface area contributed by atoms with E-state index in [2.05, 4.69) is 4.98 Å². The molecule has 3 N–H and O–H groups in total. The number of nitrogen functional groups attached to an aromatic ring is 1. The van der Waals surface area contributed by atoms with Gasteiger partial charge in [-0.3, -0.25) is 4.90 Å². The fraction of sp³-hybridized carbons (Fsp3) is 0.250. The van der Waals surface area contributed by atoms with Gasteiger partial charge in [-0.05, 0) is 39.0 Å². The molecular formula is C16H18FN3O3. The van der Waals surface area contributed by atoms with Gasteiger partial charge in [0.25, 0.3) is 0 Å². The highest BCUT2D eigenvalue weighted by atomic mass is 19.1. The molecule has 0 saturated heterocycles. The van der Waals surface area contributed by atoms with E-state index in [-0.39, 0.29) is 11.6 Å². The number of halogens is 1. The van der Waals surface area contributed by atoms with Crippen LogP contribution in [-0.4, -0.2) is 21.7 Å². The average Bonchev–Trinajstić information content (AvgIpc) is 2.43. The Morgan fingerprint density at radius 3 is 2.52 bits per heavy atom. The minimum absolute atomic E-state index is 0.115. The Morgan fingerprint density at radius 2 is 2.00 bits per heavy atom. The van der Waals surface area contributed by atoms with Crippen LogP contribution in [0.5, 0.6) is 11.6 Å². The highest BCUT2D eigenvalue weighted by Crippen LogP contribution is 2.31. The average molecular weight is 319 g/mol. The molecule has 6 nitrogen and oxygen atoms in total. The van der Waals surface area contributed by atoms with Crippen molar-refractivity contribution in [3.63, 3.8) is 0 Å². The van der Waals surface area contributed by atoms with Crippen LogP contribution in [0.1, 0.15) is 20.8 Å². The van der Waals surface area contributed by atoms with Crippen molar-refractivity contribution >= 4 is 17.5 Å². The number of anilines is 2. The largest absolute Gasteiger partial charge is 0.465 e. The number of hydrogen-bond acceptors (Lipinski definition) is 4. The number of benzene rings is 1. The van der Waals surface area contributed by atoms with E-state index in [1.54, 1.807) is 26.8 Å². The van der Waals surface area contributed by atoms with E-state index >= 15 is 0 Å². The number of amides is 1. The number of carboxylic acid groups (broad SMARTS) is 1. The maximum absolute atomic E-state index is 14.0. The predicted octanol–water partition coefficient (Wildman–Crippen LogP) is 3.88. The quantitative estimate of drug-likeness (QED) is 0.896. The summed E-state index contributed by atoms with van der Waals surface area (Å²) in [6.07, 6.45) is 0.246. The lowest BCUT2D eigenvalue weighted by Gasteiger charge is -2.33. The Morgan fingerprint density at radius 1 is 1.30 bits per heavy atom. The molecule has 0 aliphatic carbocycles. The third kappa shape index (κ3) is 3.88. The van der Waals surface area contributed by atoms with Crippen LogP contribution < -0.4 is 15.4 Å². The first kappa shape index (κ1) is 16.5. The van der Waals surface area contributed by atoms with Gasteiger partial charge in [0.2, 0.25) is 5.88 Å². The zero-order chi connectivity index (χ0) is 17.2. The molecule has 0 bridgehead atoms. The molecule has 122 valence electrons. The molecule has 0 atom stereocenters. The van der Waals surface area contributed by atoms with Crippen LogP contribution in [0.25, 0.3) is 0 Å². The van der Waals surface area contributed by atoms with E-state index < -0.39 is 17.4 Å². The molecule has 7 heteroatoms. The zero-order valence-corrected chi connectivity index (χ0v) is 13.1. The number of carbonyl (C=O) groups is 1. The Kier molecular flexibility index (Phi) is 4.40. The van der Waals surface area contributed by atoms with Crippen LogP contribution in [0, 0.1) is 5.82 Å². The summed E-state index contributed by atoms with van der Waals surface area (Å²) in [6, 6.07) is 6.94. The van der Waals surface area contributed by atoms with Gasteiger partial charge in [0.1, 0.15) is 0 Å². The van der Waals surface area contributed by atoms with Crippen LogP contribution in [0.15, 0.2) is 36.5 Å². The molecular weight excluding hydrogens is 301 g/mol. The van der Waals surface area contributed by atoms with Crippen molar-refractivity contribution in [2.75, 3.05) is 10.6 Å². The summed E-state index contributed by atoms with van der Waals surface area (Å²) < 4.78 is 19.3. The molecule has 2 rings (SSSR count). The number of hydrogen-bond donors (Lipinski definition) is 2. The van der Waals surface area contributed by atoms with Gasteiger partial charge in [-0.25, -0.2) is 14.2 Å². The Balaban J connectivity index is 2.38. The van der Waals surface area contributed by atoms with Crippen molar-refractivity contribution in [2.24, 2.45) is 0 Å². The third-order valence-corrected chi connectivity index (χ3v) is 3.01. The number of nitrogens with zero attached hydrogens (tertiary/aromatic N) is 2. The van der Waals surface area contributed by atoms with Crippen molar-refractivity contribution in [2.45, 2.75) is 26.3 Å². The molecule has 23 heavy (non-hydrogen) atoms. The Bertz CT molecular complexity index is 712. The summed E-state index contributed by atoms with van der Waals surface area (Å²) in [6.45, 7) is 5.23. The Hall–Kier alpha value is -2.83. The predicted molar refractivity (Wildman–Crippen MR) is 85.4 cm³/mol. The zero-order valence-electron chi connectivity index (χ0n) is 13.1. The lowest BCUT2D eigenvalue weighted by Crippen LogP contribution is -2.45. The highest BCUT2D eigenvalue weighted by molar-refractivity contribution is 5.87. The van der Waals surface area contributed by atoms with Crippen LogP contribution in [0.3, 0.4) is 0 Å². The molecule has 0 spiro atoms. The normalized spacial score (nSPS) is 11.1. The minimum Gasteiger partial charge on any atom is -0.465 e. The first-order valence-electron chi connectivity index (χ1n) is 6.90. The molecule has 1 aromatic heterocycles. The van der Waals surface area contributed by atoms with E-state index in [1.807, 2.05) is 0 Å². The summed E-state index contributed by atoms with van der Waals surface area (Å²) in [4.78, 5) is 16.6. The van der Waals surface area contributed by atoms with Gasteiger partial charge in [0.15, 0.2) is 11.6 Å². The summed E-state index contributed by atoms with van der Waals surface area (Å²) >= 11 is 0. The first-order valence-corrected chi connectivity index (χ1v) is 6.90. The molecule has 1 amide bonds. The lowest BCUT2D eigenvalue weighted by atomic mass is 10.1. The maximum Gasteiger partial charge on any atom is 0.412 e. The van der Waals surface area contributed by atoms with E-state index in [0.29, 0.717) is 11.4 Å². The van der Waals surface area contributed by atoms with Crippen LogP contribution in [-0.2, 0) is 0 Å².